The average Bonchev–Trinajstić information content (AvgIpc) is 3.16. The molecule has 3 aromatic rings. The monoisotopic (exact) mass is 390 g/mol. The molecule has 3 heterocycles. The third kappa shape index (κ3) is 4.48. The Morgan fingerprint density at radius 1 is 0.966 bits per heavy atom. The summed E-state index contributed by atoms with van der Waals surface area (Å²) < 4.78 is 1.56. The van der Waals surface area contributed by atoms with Crippen LogP contribution in [0.3, 0.4) is 0 Å². The summed E-state index contributed by atoms with van der Waals surface area (Å²) in [6.07, 6.45) is 9.47. The third-order valence-electron chi connectivity index (χ3n) is 5.00. The SMILES string of the molecule is CC(=O)c1cnc(N[C@H]2CC[C@H](Nc3ccc(-n4ccccc4=O)cn3)C2)cn1. The van der Waals surface area contributed by atoms with Crippen molar-refractivity contribution in [3.8, 4) is 5.69 Å². The molecule has 0 bridgehead atoms. The normalized spacial score (nSPS) is 18.4. The van der Waals surface area contributed by atoms with Gasteiger partial charge in [-0.1, -0.05) is 6.07 Å². The largest absolute Gasteiger partial charge is 0.367 e. The van der Waals surface area contributed by atoms with Crippen LogP contribution in [0.1, 0.15) is 36.7 Å². The highest BCUT2D eigenvalue weighted by Crippen LogP contribution is 2.25. The molecular weight excluding hydrogens is 368 g/mol. The number of carbonyl (C=O) groups is 1. The topological polar surface area (TPSA) is 102 Å². The van der Waals surface area contributed by atoms with Crippen LogP contribution < -0.4 is 16.2 Å². The lowest BCUT2D eigenvalue weighted by Gasteiger charge is -2.16. The van der Waals surface area contributed by atoms with Gasteiger partial charge < -0.3 is 10.6 Å². The second-order valence-corrected chi connectivity index (χ2v) is 7.15. The minimum absolute atomic E-state index is 0.0841. The number of nitrogens with zero attached hydrogens (tertiary/aromatic N) is 4. The molecule has 8 nitrogen and oxygen atoms in total. The number of hydrogen-bond acceptors (Lipinski definition) is 7. The standard InChI is InChI=1S/C21H22N6O2/c1-14(28)18-12-24-20(13-22-18)26-16-6-5-15(10-16)25-19-8-7-17(11-23-19)27-9-3-2-4-21(27)29/h2-4,7-9,11-13,15-16H,5-6,10H2,1H3,(H,23,25)(H,24,26)/t15-,16-/m0/s1. The lowest BCUT2D eigenvalue weighted by Crippen LogP contribution is -2.22. The van der Waals surface area contributed by atoms with Crippen molar-refractivity contribution in [3.05, 3.63) is 71.2 Å². The van der Waals surface area contributed by atoms with E-state index < -0.39 is 0 Å². The van der Waals surface area contributed by atoms with Crippen molar-refractivity contribution in [2.45, 2.75) is 38.3 Å². The first kappa shape index (κ1) is 18.8. The minimum Gasteiger partial charge on any atom is -0.367 e. The number of pyridine rings is 2. The maximum atomic E-state index is 11.9. The molecule has 0 aromatic carbocycles. The second-order valence-electron chi connectivity index (χ2n) is 7.15. The van der Waals surface area contributed by atoms with Gasteiger partial charge in [-0.2, -0.15) is 0 Å². The van der Waals surface area contributed by atoms with Crippen molar-refractivity contribution >= 4 is 17.4 Å². The molecule has 0 spiro atoms. The summed E-state index contributed by atoms with van der Waals surface area (Å²) in [6.45, 7) is 1.48. The predicted molar refractivity (Wildman–Crippen MR) is 111 cm³/mol. The van der Waals surface area contributed by atoms with E-state index in [0.29, 0.717) is 17.6 Å². The Morgan fingerprint density at radius 3 is 2.34 bits per heavy atom. The zero-order valence-corrected chi connectivity index (χ0v) is 16.1. The smallest absolute Gasteiger partial charge is 0.255 e. The highest BCUT2D eigenvalue weighted by Gasteiger charge is 2.25. The summed E-state index contributed by atoms with van der Waals surface area (Å²) >= 11 is 0. The fourth-order valence-electron chi connectivity index (χ4n) is 3.50. The Balaban J connectivity index is 1.33. The zero-order chi connectivity index (χ0) is 20.2. The molecule has 2 atom stereocenters. The van der Waals surface area contributed by atoms with Crippen LogP contribution >= 0.6 is 0 Å². The molecule has 2 N–H and O–H groups in total. The van der Waals surface area contributed by atoms with Gasteiger partial charge in [0.15, 0.2) is 5.78 Å². The highest BCUT2D eigenvalue weighted by atomic mass is 16.1. The Bertz CT molecular complexity index is 1050. The number of rotatable bonds is 6. The number of aromatic nitrogens is 4. The molecule has 0 aliphatic heterocycles. The maximum absolute atomic E-state index is 11.9. The lowest BCUT2D eigenvalue weighted by atomic mass is 10.2. The van der Waals surface area contributed by atoms with Gasteiger partial charge in [0, 0.05) is 31.3 Å². The predicted octanol–water partition coefficient (Wildman–Crippen LogP) is 2.67. The van der Waals surface area contributed by atoms with Crippen molar-refractivity contribution in [1.82, 2.24) is 19.5 Å². The molecule has 0 amide bonds. The quantitative estimate of drug-likeness (QED) is 0.624. The number of anilines is 2. The van der Waals surface area contributed by atoms with E-state index in [9.17, 15) is 9.59 Å². The molecule has 0 unspecified atom stereocenters. The molecule has 1 saturated carbocycles. The van der Waals surface area contributed by atoms with Crippen LogP contribution in [0.2, 0.25) is 0 Å². The molecule has 0 saturated heterocycles. The molecule has 1 fully saturated rings. The van der Waals surface area contributed by atoms with E-state index in [2.05, 4.69) is 25.6 Å². The summed E-state index contributed by atoms with van der Waals surface area (Å²) in [7, 11) is 0. The molecule has 1 aliphatic rings. The number of ketones is 1. The van der Waals surface area contributed by atoms with E-state index in [1.807, 2.05) is 18.2 Å². The number of Topliss-reactive ketones (excluding diaryl/α,β-unsaturated/α-hetero) is 1. The summed E-state index contributed by atoms with van der Waals surface area (Å²) in [4.78, 5) is 36.0. The first-order valence-electron chi connectivity index (χ1n) is 9.58. The van der Waals surface area contributed by atoms with Crippen LogP contribution in [0, 0.1) is 0 Å². The fourth-order valence-corrected chi connectivity index (χ4v) is 3.50. The first-order chi connectivity index (χ1) is 14.1. The van der Waals surface area contributed by atoms with Crippen molar-refractivity contribution < 1.29 is 4.79 Å². The third-order valence-corrected chi connectivity index (χ3v) is 5.00. The van der Waals surface area contributed by atoms with E-state index in [0.717, 1.165) is 30.8 Å². The van der Waals surface area contributed by atoms with Crippen LogP contribution in [0.15, 0.2) is 59.9 Å². The molecule has 3 aromatic heterocycles. The van der Waals surface area contributed by atoms with Crippen molar-refractivity contribution in [3.63, 3.8) is 0 Å². The molecular formula is C21H22N6O2. The van der Waals surface area contributed by atoms with E-state index in [1.165, 1.54) is 19.2 Å². The van der Waals surface area contributed by atoms with Crippen LogP contribution in [-0.2, 0) is 0 Å². The van der Waals surface area contributed by atoms with Gasteiger partial charge in [-0.25, -0.2) is 15.0 Å². The summed E-state index contributed by atoms with van der Waals surface area (Å²) in [5.74, 6) is 1.37. The van der Waals surface area contributed by atoms with E-state index in [4.69, 9.17) is 0 Å². The van der Waals surface area contributed by atoms with Crippen LogP contribution in [0.5, 0.6) is 0 Å². The van der Waals surface area contributed by atoms with Gasteiger partial charge in [-0.05, 0) is 37.5 Å². The summed E-state index contributed by atoms with van der Waals surface area (Å²) in [5, 5.41) is 6.83. The van der Waals surface area contributed by atoms with E-state index in [-0.39, 0.29) is 17.4 Å². The van der Waals surface area contributed by atoms with Gasteiger partial charge in [-0.15, -0.1) is 0 Å². The first-order valence-corrected chi connectivity index (χ1v) is 9.58. The molecule has 29 heavy (non-hydrogen) atoms. The van der Waals surface area contributed by atoms with Crippen LogP contribution in [0.25, 0.3) is 5.69 Å². The number of nitrogens with one attached hydrogen (secondary N) is 2. The van der Waals surface area contributed by atoms with Crippen molar-refractivity contribution in [2.75, 3.05) is 10.6 Å². The molecule has 1 aliphatic carbocycles. The van der Waals surface area contributed by atoms with Gasteiger partial charge >= 0.3 is 0 Å². The highest BCUT2D eigenvalue weighted by molar-refractivity contribution is 5.91. The molecule has 8 heteroatoms. The minimum atomic E-state index is -0.0927. The van der Waals surface area contributed by atoms with Crippen molar-refractivity contribution in [2.24, 2.45) is 0 Å². The second kappa shape index (κ2) is 8.22. The maximum Gasteiger partial charge on any atom is 0.255 e. The number of hydrogen-bond donors (Lipinski definition) is 2. The Labute approximate surface area is 168 Å². The van der Waals surface area contributed by atoms with Crippen LogP contribution in [-0.4, -0.2) is 37.4 Å². The zero-order valence-electron chi connectivity index (χ0n) is 16.1. The van der Waals surface area contributed by atoms with E-state index >= 15 is 0 Å². The lowest BCUT2D eigenvalue weighted by molar-refractivity contribution is 0.101. The molecule has 148 valence electrons. The Morgan fingerprint density at radius 2 is 1.72 bits per heavy atom. The Kier molecular flexibility index (Phi) is 5.33. The van der Waals surface area contributed by atoms with Gasteiger partial charge in [0.2, 0.25) is 0 Å². The van der Waals surface area contributed by atoms with Gasteiger partial charge in [0.05, 0.1) is 24.3 Å². The van der Waals surface area contributed by atoms with E-state index in [1.54, 1.807) is 29.2 Å². The summed E-state index contributed by atoms with van der Waals surface area (Å²) in [5.41, 5.74) is 1.02. The van der Waals surface area contributed by atoms with Gasteiger partial charge in [-0.3, -0.25) is 14.2 Å². The average molecular weight is 390 g/mol. The van der Waals surface area contributed by atoms with Gasteiger partial charge in [0.1, 0.15) is 17.3 Å². The number of carbonyl (C=O) groups excluding carboxylic acids is 1. The fraction of sp³-hybridized carbons (Fsp3) is 0.286. The molecule has 4 rings (SSSR count). The van der Waals surface area contributed by atoms with Gasteiger partial charge in [0.25, 0.3) is 5.56 Å². The Hall–Kier alpha value is -3.55. The van der Waals surface area contributed by atoms with Crippen LogP contribution in [0.4, 0.5) is 11.6 Å². The molecule has 0 radical (unpaired) electrons. The van der Waals surface area contributed by atoms with Crippen molar-refractivity contribution in [1.29, 1.82) is 0 Å². The summed E-state index contributed by atoms with van der Waals surface area (Å²) in [6, 6.07) is 9.42.